The highest BCUT2D eigenvalue weighted by Gasteiger charge is 2.31. The Morgan fingerprint density at radius 3 is 2.96 bits per heavy atom. The molecule has 3 rings (SSSR count). The van der Waals surface area contributed by atoms with Gasteiger partial charge in [-0.05, 0) is 12.5 Å². The van der Waals surface area contributed by atoms with Crippen molar-refractivity contribution in [3.05, 3.63) is 34.5 Å². The average Bonchev–Trinajstić information content (AvgIpc) is 3.00. The first-order valence-corrected chi connectivity index (χ1v) is 7.85. The molecule has 0 saturated carbocycles. The lowest BCUT2D eigenvalue weighted by molar-refractivity contribution is -0.116. The summed E-state index contributed by atoms with van der Waals surface area (Å²) in [6, 6.07) is 3.55. The van der Waals surface area contributed by atoms with E-state index in [1.807, 2.05) is 13.0 Å². The fourth-order valence-electron chi connectivity index (χ4n) is 2.78. The van der Waals surface area contributed by atoms with Crippen LogP contribution in [0.25, 0.3) is 0 Å². The van der Waals surface area contributed by atoms with E-state index in [2.05, 4.69) is 15.5 Å². The summed E-state index contributed by atoms with van der Waals surface area (Å²) in [5.74, 6) is 1.55. The maximum Gasteiger partial charge on any atom is 0.226 e. The topological polar surface area (TPSA) is 76.2 Å². The van der Waals surface area contributed by atoms with Gasteiger partial charge >= 0.3 is 0 Å². The third-order valence-electron chi connectivity index (χ3n) is 3.79. The Morgan fingerprint density at radius 1 is 1.39 bits per heavy atom. The molecule has 0 radical (unpaired) electrons. The second kappa shape index (κ2) is 6.50. The summed E-state index contributed by atoms with van der Waals surface area (Å²) in [4.78, 5) is 12.0. The maximum absolute atomic E-state index is 12.0. The number of rotatable bonds is 5. The van der Waals surface area contributed by atoms with E-state index in [9.17, 15) is 4.79 Å². The summed E-state index contributed by atoms with van der Waals surface area (Å²) in [6.45, 7) is 2.59. The van der Waals surface area contributed by atoms with Gasteiger partial charge in [-0.15, -0.1) is 0 Å². The minimum Gasteiger partial charge on any atom is -0.493 e. The van der Waals surface area contributed by atoms with E-state index in [1.165, 1.54) is 0 Å². The number of anilines is 1. The predicted molar refractivity (Wildman–Crippen MR) is 87.5 cm³/mol. The Hall–Kier alpha value is -2.21. The number of nitrogens with zero attached hydrogens (tertiary/aromatic N) is 1. The normalized spacial score (nSPS) is 16.7. The number of carbonyl (C=O) groups excluding carboxylic acids is 1. The van der Waals surface area contributed by atoms with Crippen LogP contribution in [0, 0.1) is 0 Å². The highest BCUT2D eigenvalue weighted by molar-refractivity contribution is 6.30. The summed E-state index contributed by atoms with van der Waals surface area (Å²) >= 11 is 6.23. The number of hydrogen-bond acceptors (Lipinski definition) is 4. The van der Waals surface area contributed by atoms with Gasteiger partial charge in [0.15, 0.2) is 11.5 Å². The molecule has 7 heteroatoms. The molecule has 1 aliphatic rings. The molecular weight excluding hydrogens is 318 g/mol. The van der Waals surface area contributed by atoms with Gasteiger partial charge in [0, 0.05) is 34.6 Å². The molecule has 1 unspecified atom stereocenters. The van der Waals surface area contributed by atoms with Gasteiger partial charge in [0.25, 0.3) is 0 Å². The van der Waals surface area contributed by atoms with Gasteiger partial charge in [0.05, 0.1) is 19.9 Å². The van der Waals surface area contributed by atoms with Crippen LogP contribution in [-0.2, 0) is 4.79 Å². The number of amides is 1. The zero-order valence-corrected chi connectivity index (χ0v) is 13.7. The minimum atomic E-state index is -0.183. The third-order valence-corrected chi connectivity index (χ3v) is 4.01. The highest BCUT2D eigenvalue weighted by Crippen LogP contribution is 2.45. The van der Waals surface area contributed by atoms with Crippen molar-refractivity contribution < 1.29 is 14.3 Å². The van der Waals surface area contributed by atoms with Crippen molar-refractivity contribution in [3.63, 3.8) is 0 Å². The minimum absolute atomic E-state index is 0.0767. The summed E-state index contributed by atoms with van der Waals surface area (Å²) in [6.07, 6.45) is 2.89. The van der Waals surface area contributed by atoms with Crippen molar-refractivity contribution in [2.24, 2.45) is 0 Å². The molecular formula is C16H18ClN3O3. The van der Waals surface area contributed by atoms with Crippen LogP contribution in [0.5, 0.6) is 11.5 Å². The largest absolute Gasteiger partial charge is 0.493 e. The molecule has 1 atom stereocenters. The number of fused-ring (bicyclic) bond motifs is 1. The number of benzene rings is 1. The zero-order chi connectivity index (χ0) is 16.4. The fraction of sp³-hybridized carbons (Fsp3) is 0.375. The van der Waals surface area contributed by atoms with E-state index in [0.717, 1.165) is 17.5 Å². The number of methoxy groups -OCH3 is 1. The van der Waals surface area contributed by atoms with Gasteiger partial charge in [-0.3, -0.25) is 9.89 Å². The van der Waals surface area contributed by atoms with Gasteiger partial charge < -0.3 is 14.8 Å². The highest BCUT2D eigenvalue weighted by atomic mass is 35.5. The van der Waals surface area contributed by atoms with Gasteiger partial charge in [0.1, 0.15) is 5.82 Å². The number of carbonyl (C=O) groups is 1. The first-order valence-electron chi connectivity index (χ1n) is 7.47. The molecule has 23 heavy (non-hydrogen) atoms. The monoisotopic (exact) mass is 335 g/mol. The van der Waals surface area contributed by atoms with E-state index >= 15 is 0 Å². The molecule has 1 aromatic heterocycles. The number of nitrogens with one attached hydrogen (secondary N) is 2. The molecule has 122 valence electrons. The van der Waals surface area contributed by atoms with E-state index in [1.54, 1.807) is 19.4 Å². The molecule has 2 aromatic rings. The first-order chi connectivity index (χ1) is 11.1. The van der Waals surface area contributed by atoms with Crippen LogP contribution in [0.4, 0.5) is 5.82 Å². The van der Waals surface area contributed by atoms with Crippen molar-refractivity contribution in [3.8, 4) is 11.5 Å². The van der Waals surface area contributed by atoms with Crippen molar-refractivity contribution in [1.29, 1.82) is 0 Å². The second-order valence-electron chi connectivity index (χ2n) is 5.38. The molecule has 1 amide bonds. The number of H-pyrrole nitrogens is 1. The average molecular weight is 336 g/mol. The smallest absolute Gasteiger partial charge is 0.226 e. The van der Waals surface area contributed by atoms with Gasteiger partial charge in [-0.1, -0.05) is 18.5 Å². The maximum atomic E-state index is 12.0. The number of halogens is 1. The molecule has 1 aliphatic heterocycles. The Labute approximate surface area is 139 Å². The van der Waals surface area contributed by atoms with Crippen LogP contribution in [0.2, 0.25) is 5.02 Å². The molecule has 2 heterocycles. The van der Waals surface area contributed by atoms with E-state index in [4.69, 9.17) is 21.1 Å². The quantitative estimate of drug-likeness (QED) is 0.878. The number of ether oxygens (including phenoxy) is 2. The number of aromatic nitrogens is 2. The van der Waals surface area contributed by atoms with Crippen LogP contribution in [0.1, 0.15) is 36.8 Å². The zero-order valence-electron chi connectivity index (χ0n) is 13.0. The Morgan fingerprint density at radius 2 is 2.22 bits per heavy atom. The Bertz CT molecular complexity index is 729. The lowest BCUT2D eigenvalue weighted by Crippen LogP contribution is -2.23. The van der Waals surface area contributed by atoms with Crippen LogP contribution in [0.15, 0.2) is 18.3 Å². The summed E-state index contributed by atoms with van der Waals surface area (Å²) in [5.41, 5.74) is 1.75. The molecule has 2 N–H and O–H groups in total. The second-order valence-corrected chi connectivity index (χ2v) is 5.82. The third kappa shape index (κ3) is 2.99. The van der Waals surface area contributed by atoms with Crippen LogP contribution in [-0.4, -0.2) is 29.8 Å². The predicted octanol–water partition coefficient (Wildman–Crippen LogP) is 3.33. The lowest BCUT2D eigenvalue weighted by Gasteiger charge is -2.25. The van der Waals surface area contributed by atoms with Crippen LogP contribution in [0.3, 0.4) is 0 Å². The Balaban J connectivity index is 2.12. The van der Waals surface area contributed by atoms with Gasteiger partial charge in [-0.25, -0.2) is 0 Å². The van der Waals surface area contributed by atoms with Crippen molar-refractivity contribution in [2.45, 2.75) is 25.7 Å². The van der Waals surface area contributed by atoms with Gasteiger partial charge in [0.2, 0.25) is 5.91 Å². The molecule has 6 nitrogen and oxygen atoms in total. The van der Waals surface area contributed by atoms with Crippen molar-refractivity contribution >= 4 is 23.3 Å². The molecule has 0 fully saturated rings. The Kier molecular flexibility index (Phi) is 4.43. The number of hydrogen-bond donors (Lipinski definition) is 2. The molecule has 1 aromatic carbocycles. The van der Waals surface area contributed by atoms with Crippen LogP contribution < -0.4 is 14.8 Å². The van der Waals surface area contributed by atoms with Crippen LogP contribution >= 0.6 is 11.6 Å². The van der Waals surface area contributed by atoms with Crippen molar-refractivity contribution in [2.75, 3.05) is 19.0 Å². The molecule has 0 saturated heterocycles. The summed E-state index contributed by atoms with van der Waals surface area (Å²) < 4.78 is 11.3. The first kappa shape index (κ1) is 15.7. The fourth-order valence-corrected chi connectivity index (χ4v) is 3.00. The lowest BCUT2D eigenvalue weighted by atomic mass is 9.86. The number of aromatic amines is 1. The summed E-state index contributed by atoms with van der Waals surface area (Å²) in [5, 5.41) is 10.2. The van der Waals surface area contributed by atoms with E-state index in [0.29, 0.717) is 35.4 Å². The van der Waals surface area contributed by atoms with E-state index < -0.39 is 0 Å². The molecule has 0 aliphatic carbocycles. The molecule has 0 bridgehead atoms. The van der Waals surface area contributed by atoms with E-state index in [-0.39, 0.29) is 11.8 Å². The standard InChI is InChI=1S/C16H18ClN3O3/c1-3-4-23-15-11(5-9(17)6-13(15)22-2)10-7-14(21)19-16-12(10)8-18-20-16/h5-6,8,10H,3-4,7H2,1-2H3,(H2,18,19,20,21). The summed E-state index contributed by atoms with van der Waals surface area (Å²) in [7, 11) is 1.57. The van der Waals surface area contributed by atoms with Gasteiger partial charge in [-0.2, -0.15) is 5.10 Å². The molecule has 0 spiro atoms. The SMILES string of the molecule is CCCOc1c(OC)cc(Cl)cc1C1CC(=O)Nc2[nH]ncc21. The van der Waals surface area contributed by atoms with Crippen molar-refractivity contribution in [1.82, 2.24) is 10.2 Å².